The van der Waals surface area contributed by atoms with Crippen LogP contribution in [0.4, 0.5) is 0 Å². The molecule has 4 nitrogen and oxygen atoms in total. The Labute approximate surface area is 125 Å². The fraction of sp³-hybridized carbons (Fsp3) is 0.765. The summed E-state index contributed by atoms with van der Waals surface area (Å²) in [5.74, 6) is 3.47. The second kappa shape index (κ2) is 4.67. The highest BCUT2D eigenvalue weighted by atomic mass is 16.3. The molecule has 0 aliphatic heterocycles. The minimum Gasteiger partial charge on any atom is -0.396 e. The molecule has 0 saturated heterocycles. The summed E-state index contributed by atoms with van der Waals surface area (Å²) in [6, 6.07) is 0. The molecule has 4 heteroatoms. The standard InChI is InChI=1S/C17H24N2O2/c1-10-14(2-3-20)15(21)19-16(18-10)17-7-11-4-12(8-17)6-13(5-11)9-17/h11-13,20H,2-9H2,1H3,(H,18,19,21). The molecule has 114 valence electrons. The molecule has 4 bridgehead atoms. The Morgan fingerprint density at radius 3 is 2.24 bits per heavy atom. The third-order valence-electron chi connectivity index (χ3n) is 6.12. The van der Waals surface area contributed by atoms with E-state index in [1.54, 1.807) is 0 Å². The smallest absolute Gasteiger partial charge is 0.254 e. The zero-order chi connectivity index (χ0) is 14.6. The van der Waals surface area contributed by atoms with Crippen LogP contribution in [0.2, 0.25) is 0 Å². The van der Waals surface area contributed by atoms with Gasteiger partial charge in [0, 0.05) is 29.7 Å². The highest BCUT2D eigenvalue weighted by molar-refractivity contribution is 5.23. The average molecular weight is 288 g/mol. The molecule has 0 spiro atoms. The Morgan fingerprint density at radius 1 is 1.19 bits per heavy atom. The quantitative estimate of drug-likeness (QED) is 0.895. The summed E-state index contributed by atoms with van der Waals surface area (Å²) < 4.78 is 0. The first kappa shape index (κ1) is 13.5. The summed E-state index contributed by atoms with van der Waals surface area (Å²) in [6.45, 7) is 1.91. The first-order valence-electron chi connectivity index (χ1n) is 8.31. The van der Waals surface area contributed by atoms with Gasteiger partial charge < -0.3 is 10.1 Å². The zero-order valence-electron chi connectivity index (χ0n) is 12.7. The summed E-state index contributed by atoms with van der Waals surface area (Å²) in [5.41, 5.74) is 1.54. The van der Waals surface area contributed by atoms with E-state index in [0.717, 1.165) is 29.3 Å². The van der Waals surface area contributed by atoms with E-state index >= 15 is 0 Å². The molecule has 0 aromatic carbocycles. The Bertz CT molecular complexity index is 584. The van der Waals surface area contributed by atoms with Crippen LogP contribution in [0, 0.1) is 24.7 Å². The van der Waals surface area contributed by atoms with E-state index in [4.69, 9.17) is 10.1 Å². The Balaban J connectivity index is 1.75. The van der Waals surface area contributed by atoms with Gasteiger partial charge in [-0.2, -0.15) is 0 Å². The predicted molar refractivity (Wildman–Crippen MR) is 80.2 cm³/mol. The summed E-state index contributed by atoms with van der Waals surface area (Å²) in [7, 11) is 0. The molecule has 4 aliphatic carbocycles. The Hall–Kier alpha value is -1.16. The minimum absolute atomic E-state index is 0.00229. The maximum atomic E-state index is 12.3. The number of hydrogen-bond acceptors (Lipinski definition) is 3. The van der Waals surface area contributed by atoms with E-state index in [1.807, 2.05) is 6.92 Å². The number of rotatable bonds is 3. The lowest BCUT2D eigenvalue weighted by atomic mass is 9.49. The van der Waals surface area contributed by atoms with Gasteiger partial charge >= 0.3 is 0 Å². The molecule has 0 atom stereocenters. The molecule has 1 heterocycles. The SMILES string of the molecule is Cc1nc(C23CC4CC(CC(C4)C2)C3)[nH]c(=O)c1CCO. The number of aromatic nitrogens is 2. The van der Waals surface area contributed by atoms with Crippen molar-refractivity contribution < 1.29 is 5.11 Å². The third-order valence-corrected chi connectivity index (χ3v) is 6.12. The number of aliphatic hydroxyl groups is 1. The van der Waals surface area contributed by atoms with Gasteiger partial charge in [0.2, 0.25) is 0 Å². The van der Waals surface area contributed by atoms with Gasteiger partial charge in [0.1, 0.15) is 5.82 Å². The maximum Gasteiger partial charge on any atom is 0.254 e. The van der Waals surface area contributed by atoms with Crippen molar-refractivity contribution in [3.63, 3.8) is 0 Å². The molecule has 1 aromatic heterocycles. The number of nitrogens with one attached hydrogen (secondary N) is 1. The number of H-pyrrole nitrogens is 1. The normalized spacial score (nSPS) is 37.1. The van der Waals surface area contributed by atoms with Gasteiger partial charge in [-0.05, 0) is 63.2 Å². The highest BCUT2D eigenvalue weighted by Gasteiger charge is 2.53. The lowest BCUT2D eigenvalue weighted by molar-refractivity contribution is -0.00960. The molecule has 21 heavy (non-hydrogen) atoms. The van der Waals surface area contributed by atoms with Crippen LogP contribution in [0.25, 0.3) is 0 Å². The first-order chi connectivity index (χ1) is 10.1. The van der Waals surface area contributed by atoms with E-state index in [0.29, 0.717) is 12.0 Å². The fourth-order valence-electron chi connectivity index (χ4n) is 5.67. The molecule has 5 rings (SSSR count). The molecule has 4 saturated carbocycles. The second-order valence-electron chi connectivity index (χ2n) is 7.65. The molecule has 0 radical (unpaired) electrons. The van der Waals surface area contributed by atoms with Crippen molar-refractivity contribution in [2.45, 2.75) is 57.3 Å². The van der Waals surface area contributed by atoms with E-state index in [-0.39, 0.29) is 17.6 Å². The summed E-state index contributed by atoms with van der Waals surface area (Å²) in [4.78, 5) is 20.2. The Kier molecular flexibility index (Phi) is 3.00. The van der Waals surface area contributed by atoms with Crippen molar-refractivity contribution in [1.29, 1.82) is 0 Å². The molecular weight excluding hydrogens is 264 g/mol. The lowest BCUT2D eigenvalue weighted by Gasteiger charge is -2.56. The van der Waals surface area contributed by atoms with Crippen LogP contribution in [0.15, 0.2) is 4.79 Å². The molecule has 0 unspecified atom stereocenters. The van der Waals surface area contributed by atoms with Gasteiger partial charge in [-0.25, -0.2) is 4.98 Å². The van der Waals surface area contributed by atoms with Crippen LogP contribution in [0.3, 0.4) is 0 Å². The fourth-order valence-corrected chi connectivity index (χ4v) is 5.67. The van der Waals surface area contributed by atoms with E-state index in [2.05, 4.69) is 4.98 Å². The number of aromatic amines is 1. The molecule has 1 aromatic rings. The summed E-state index contributed by atoms with van der Waals surface area (Å²) in [5, 5.41) is 9.09. The summed E-state index contributed by atoms with van der Waals surface area (Å²) >= 11 is 0. The molecule has 4 fully saturated rings. The van der Waals surface area contributed by atoms with Gasteiger partial charge in [0.15, 0.2) is 0 Å². The topological polar surface area (TPSA) is 66.0 Å². The number of aliphatic hydroxyl groups excluding tert-OH is 1. The average Bonchev–Trinajstić information content (AvgIpc) is 2.41. The molecule has 0 amide bonds. The van der Waals surface area contributed by atoms with Crippen LogP contribution < -0.4 is 5.56 Å². The van der Waals surface area contributed by atoms with Crippen molar-refractivity contribution in [2.75, 3.05) is 6.61 Å². The largest absolute Gasteiger partial charge is 0.396 e. The lowest BCUT2D eigenvalue weighted by Crippen LogP contribution is -2.50. The van der Waals surface area contributed by atoms with Crippen LogP contribution in [-0.4, -0.2) is 21.7 Å². The summed E-state index contributed by atoms with van der Waals surface area (Å²) in [6.07, 6.45) is 8.21. The van der Waals surface area contributed by atoms with Crippen LogP contribution in [-0.2, 0) is 11.8 Å². The number of aryl methyl sites for hydroxylation is 1. The van der Waals surface area contributed by atoms with Crippen LogP contribution in [0.1, 0.15) is 55.6 Å². The van der Waals surface area contributed by atoms with E-state index in [1.165, 1.54) is 38.5 Å². The molecule has 2 N–H and O–H groups in total. The van der Waals surface area contributed by atoms with Crippen molar-refractivity contribution >= 4 is 0 Å². The monoisotopic (exact) mass is 288 g/mol. The van der Waals surface area contributed by atoms with Gasteiger partial charge in [-0.15, -0.1) is 0 Å². The van der Waals surface area contributed by atoms with Crippen molar-refractivity contribution in [3.8, 4) is 0 Å². The van der Waals surface area contributed by atoms with Crippen LogP contribution >= 0.6 is 0 Å². The van der Waals surface area contributed by atoms with Gasteiger partial charge in [-0.3, -0.25) is 4.79 Å². The number of nitrogens with zero attached hydrogens (tertiary/aromatic N) is 1. The van der Waals surface area contributed by atoms with Gasteiger partial charge in [-0.1, -0.05) is 0 Å². The van der Waals surface area contributed by atoms with Crippen LogP contribution in [0.5, 0.6) is 0 Å². The third kappa shape index (κ3) is 2.07. The van der Waals surface area contributed by atoms with Gasteiger partial charge in [0.25, 0.3) is 5.56 Å². The van der Waals surface area contributed by atoms with Crippen molar-refractivity contribution in [3.05, 3.63) is 27.4 Å². The maximum absolute atomic E-state index is 12.3. The molecule has 4 aliphatic rings. The minimum atomic E-state index is -0.0395. The Morgan fingerprint density at radius 2 is 1.76 bits per heavy atom. The second-order valence-corrected chi connectivity index (χ2v) is 7.65. The van der Waals surface area contributed by atoms with Gasteiger partial charge in [0.05, 0.1) is 0 Å². The molecular formula is C17H24N2O2. The van der Waals surface area contributed by atoms with E-state index in [9.17, 15) is 4.79 Å². The van der Waals surface area contributed by atoms with Crippen molar-refractivity contribution in [1.82, 2.24) is 9.97 Å². The predicted octanol–water partition coefficient (Wildman–Crippen LogP) is 2.08. The zero-order valence-corrected chi connectivity index (χ0v) is 12.7. The van der Waals surface area contributed by atoms with Crippen molar-refractivity contribution in [2.24, 2.45) is 17.8 Å². The first-order valence-corrected chi connectivity index (χ1v) is 8.31. The van der Waals surface area contributed by atoms with E-state index < -0.39 is 0 Å². The highest BCUT2D eigenvalue weighted by Crippen LogP contribution is 2.59. The number of hydrogen-bond donors (Lipinski definition) is 2.